The summed E-state index contributed by atoms with van der Waals surface area (Å²) in [6.07, 6.45) is 0.725. The molecule has 2 aromatic rings. The topological polar surface area (TPSA) is 38.4 Å². The molecule has 2 rings (SSSR count). The summed E-state index contributed by atoms with van der Waals surface area (Å²) in [6.45, 7) is 4.07. The van der Waals surface area contributed by atoms with Crippen molar-refractivity contribution in [2.24, 2.45) is 10.7 Å². The van der Waals surface area contributed by atoms with Crippen molar-refractivity contribution < 1.29 is 0 Å². The first-order chi connectivity index (χ1) is 8.15. The van der Waals surface area contributed by atoms with Crippen molar-refractivity contribution in [3.8, 4) is 0 Å². The van der Waals surface area contributed by atoms with Crippen molar-refractivity contribution in [3.05, 3.63) is 48.0 Å². The molecule has 0 saturated heterocycles. The largest absolute Gasteiger partial charge is 0.387 e. The molecule has 0 aliphatic rings. The van der Waals surface area contributed by atoms with Crippen molar-refractivity contribution in [1.82, 2.24) is 0 Å². The van der Waals surface area contributed by atoms with Gasteiger partial charge in [0.25, 0.3) is 0 Å². The van der Waals surface area contributed by atoms with Gasteiger partial charge in [-0.05, 0) is 30.2 Å². The summed E-state index contributed by atoms with van der Waals surface area (Å²) < 4.78 is 0. The van der Waals surface area contributed by atoms with Gasteiger partial charge < -0.3 is 5.73 Å². The Hall–Kier alpha value is -1.54. The molecule has 0 atom stereocenters. The van der Waals surface area contributed by atoms with Gasteiger partial charge in [-0.1, -0.05) is 42.5 Å². The van der Waals surface area contributed by atoms with E-state index >= 15 is 0 Å². The number of aliphatic imine (C=N–C) groups is 1. The fourth-order valence-corrected chi connectivity index (χ4v) is 1.94. The number of benzene rings is 2. The normalized spacial score (nSPS) is 11.6. The Labute approximate surface area is 114 Å². The van der Waals surface area contributed by atoms with Crippen LogP contribution >= 0.6 is 12.4 Å². The number of nitrogens with two attached hydrogens (primary N) is 1. The van der Waals surface area contributed by atoms with Crippen LogP contribution in [0, 0.1) is 0 Å². The minimum atomic E-state index is 0. The molecular weight excluding hydrogens is 244 g/mol. The van der Waals surface area contributed by atoms with Gasteiger partial charge in [0.2, 0.25) is 0 Å². The van der Waals surface area contributed by atoms with E-state index in [9.17, 15) is 0 Å². The van der Waals surface area contributed by atoms with Gasteiger partial charge in [0.05, 0.1) is 5.84 Å². The van der Waals surface area contributed by atoms with Gasteiger partial charge in [0, 0.05) is 12.5 Å². The Morgan fingerprint density at radius 3 is 2.44 bits per heavy atom. The van der Waals surface area contributed by atoms with E-state index in [0.717, 1.165) is 6.42 Å². The van der Waals surface area contributed by atoms with E-state index in [1.54, 1.807) is 0 Å². The van der Waals surface area contributed by atoms with Crippen LogP contribution in [0.25, 0.3) is 10.8 Å². The number of hydrogen-bond acceptors (Lipinski definition) is 1. The molecule has 0 radical (unpaired) electrons. The second-order valence-corrected chi connectivity index (χ2v) is 4.57. The number of amidine groups is 1. The zero-order valence-corrected chi connectivity index (χ0v) is 11.6. The van der Waals surface area contributed by atoms with Crippen LogP contribution in [0.5, 0.6) is 0 Å². The Kier molecular flexibility index (Phi) is 5.17. The van der Waals surface area contributed by atoms with Gasteiger partial charge in [-0.25, -0.2) is 0 Å². The minimum absolute atomic E-state index is 0. The molecule has 2 nitrogen and oxygen atoms in total. The van der Waals surface area contributed by atoms with Crippen LogP contribution in [0.3, 0.4) is 0 Å². The summed E-state index contributed by atoms with van der Waals surface area (Å²) >= 11 is 0. The van der Waals surface area contributed by atoms with E-state index in [1.165, 1.54) is 16.3 Å². The smallest absolute Gasteiger partial charge is 0.0984 e. The van der Waals surface area contributed by atoms with Crippen molar-refractivity contribution in [2.45, 2.75) is 26.3 Å². The number of rotatable bonds is 3. The molecule has 96 valence electrons. The lowest BCUT2D eigenvalue weighted by molar-refractivity contribution is 0.829. The fraction of sp³-hybridized carbons (Fsp3) is 0.267. The number of halogens is 1. The average molecular weight is 263 g/mol. The molecule has 0 heterocycles. The number of fused-ring (bicyclic) bond motifs is 1. The van der Waals surface area contributed by atoms with Crippen LogP contribution in [-0.4, -0.2) is 11.9 Å². The third-order valence-electron chi connectivity index (χ3n) is 2.62. The molecule has 0 spiro atoms. The monoisotopic (exact) mass is 262 g/mol. The predicted molar refractivity (Wildman–Crippen MR) is 81.7 cm³/mol. The van der Waals surface area contributed by atoms with Crippen LogP contribution in [0.15, 0.2) is 47.5 Å². The van der Waals surface area contributed by atoms with Gasteiger partial charge in [-0.3, -0.25) is 4.99 Å². The fourth-order valence-electron chi connectivity index (χ4n) is 1.94. The van der Waals surface area contributed by atoms with Gasteiger partial charge in [-0.15, -0.1) is 12.4 Å². The molecule has 2 N–H and O–H groups in total. The van der Waals surface area contributed by atoms with Crippen molar-refractivity contribution in [1.29, 1.82) is 0 Å². The molecule has 3 heteroatoms. The summed E-state index contributed by atoms with van der Waals surface area (Å²) in [6, 6.07) is 15.0. The summed E-state index contributed by atoms with van der Waals surface area (Å²) in [5, 5.41) is 2.51. The zero-order chi connectivity index (χ0) is 12.3. The molecule has 0 unspecified atom stereocenters. The molecule has 0 aliphatic heterocycles. The highest BCUT2D eigenvalue weighted by Crippen LogP contribution is 2.15. The minimum Gasteiger partial charge on any atom is -0.387 e. The molecule has 2 aromatic carbocycles. The summed E-state index contributed by atoms with van der Waals surface area (Å²) in [7, 11) is 0. The predicted octanol–water partition coefficient (Wildman–Crippen LogP) is 3.57. The molecular formula is C15H19ClN2. The first-order valence-electron chi connectivity index (χ1n) is 5.95. The quantitative estimate of drug-likeness (QED) is 0.667. The van der Waals surface area contributed by atoms with Crippen molar-refractivity contribution in [3.63, 3.8) is 0 Å². The number of hydrogen-bond donors (Lipinski definition) is 1. The maximum Gasteiger partial charge on any atom is 0.0984 e. The zero-order valence-electron chi connectivity index (χ0n) is 10.8. The van der Waals surface area contributed by atoms with Crippen LogP contribution in [-0.2, 0) is 6.42 Å². The summed E-state index contributed by atoms with van der Waals surface area (Å²) in [5.74, 6) is 0.704. The highest BCUT2D eigenvalue weighted by Gasteiger charge is 2.00. The summed E-state index contributed by atoms with van der Waals surface area (Å²) in [5.41, 5.74) is 7.11. The Balaban J connectivity index is 0.00000162. The average Bonchev–Trinajstić information content (AvgIpc) is 2.27. The van der Waals surface area contributed by atoms with Gasteiger partial charge >= 0.3 is 0 Å². The first kappa shape index (κ1) is 14.5. The van der Waals surface area contributed by atoms with E-state index in [1.807, 2.05) is 13.8 Å². The van der Waals surface area contributed by atoms with Gasteiger partial charge in [-0.2, -0.15) is 0 Å². The third kappa shape index (κ3) is 3.74. The molecule has 18 heavy (non-hydrogen) atoms. The second-order valence-electron chi connectivity index (χ2n) is 4.57. The SMILES string of the molecule is CC(C)N=C(N)Cc1ccc2ccccc2c1.Cl. The third-order valence-corrected chi connectivity index (χ3v) is 2.62. The Morgan fingerprint density at radius 1 is 1.11 bits per heavy atom. The van der Waals surface area contributed by atoms with E-state index in [2.05, 4.69) is 47.5 Å². The highest BCUT2D eigenvalue weighted by atomic mass is 35.5. The van der Waals surface area contributed by atoms with E-state index in [0.29, 0.717) is 5.84 Å². The standard InChI is InChI=1S/C15H18N2.ClH/c1-11(2)17-15(16)10-12-7-8-13-5-3-4-6-14(13)9-12;/h3-9,11H,10H2,1-2H3,(H2,16,17);1H. The van der Waals surface area contributed by atoms with E-state index in [4.69, 9.17) is 5.73 Å². The van der Waals surface area contributed by atoms with Crippen molar-refractivity contribution in [2.75, 3.05) is 0 Å². The molecule has 0 amide bonds. The molecule has 0 bridgehead atoms. The highest BCUT2D eigenvalue weighted by molar-refractivity contribution is 5.87. The number of nitrogens with zero attached hydrogens (tertiary/aromatic N) is 1. The van der Waals surface area contributed by atoms with Gasteiger partial charge in [0.15, 0.2) is 0 Å². The van der Waals surface area contributed by atoms with E-state index < -0.39 is 0 Å². The lowest BCUT2D eigenvalue weighted by Gasteiger charge is -2.05. The second kappa shape index (κ2) is 6.41. The van der Waals surface area contributed by atoms with Crippen LogP contribution in [0.1, 0.15) is 19.4 Å². The van der Waals surface area contributed by atoms with Crippen LogP contribution in [0.4, 0.5) is 0 Å². The van der Waals surface area contributed by atoms with E-state index in [-0.39, 0.29) is 18.4 Å². The van der Waals surface area contributed by atoms with Crippen molar-refractivity contribution >= 4 is 29.0 Å². The van der Waals surface area contributed by atoms with Crippen LogP contribution < -0.4 is 5.73 Å². The lowest BCUT2D eigenvalue weighted by atomic mass is 10.0. The lowest BCUT2D eigenvalue weighted by Crippen LogP contribution is -2.17. The molecule has 0 fully saturated rings. The summed E-state index contributed by atoms with van der Waals surface area (Å²) in [4.78, 5) is 4.35. The first-order valence-corrected chi connectivity index (χ1v) is 5.95. The van der Waals surface area contributed by atoms with Crippen LogP contribution in [0.2, 0.25) is 0 Å². The molecule has 0 aromatic heterocycles. The Bertz CT molecular complexity index is 547. The molecule has 0 aliphatic carbocycles. The Morgan fingerprint density at radius 2 is 1.78 bits per heavy atom. The maximum absolute atomic E-state index is 5.90. The van der Waals surface area contributed by atoms with Gasteiger partial charge in [0.1, 0.15) is 0 Å². The maximum atomic E-state index is 5.90. The molecule has 0 saturated carbocycles.